The quantitative estimate of drug-likeness (QED) is 0.919. The van der Waals surface area contributed by atoms with Crippen LogP contribution >= 0.6 is 11.3 Å². The molecular formula is C14H21N5OS. The van der Waals surface area contributed by atoms with Crippen molar-refractivity contribution in [2.24, 2.45) is 0 Å². The average molecular weight is 307 g/mol. The van der Waals surface area contributed by atoms with Crippen molar-refractivity contribution in [2.45, 2.75) is 45.1 Å². The van der Waals surface area contributed by atoms with E-state index in [4.69, 9.17) is 0 Å². The van der Waals surface area contributed by atoms with Gasteiger partial charge in [0.1, 0.15) is 6.04 Å². The molecule has 0 radical (unpaired) electrons. The minimum absolute atomic E-state index is 0.0197. The van der Waals surface area contributed by atoms with E-state index < -0.39 is 0 Å². The van der Waals surface area contributed by atoms with E-state index in [2.05, 4.69) is 41.1 Å². The average Bonchev–Trinajstić information content (AvgIpc) is 3.08. The lowest BCUT2D eigenvalue weighted by atomic mass is 9.93. The Morgan fingerprint density at radius 3 is 2.86 bits per heavy atom. The van der Waals surface area contributed by atoms with Gasteiger partial charge in [-0.05, 0) is 12.8 Å². The summed E-state index contributed by atoms with van der Waals surface area (Å²) in [4.78, 5) is 19.6. The molecule has 6 nitrogen and oxygen atoms in total. The topological polar surface area (TPSA) is 62.5 Å². The summed E-state index contributed by atoms with van der Waals surface area (Å²) in [6.07, 6.45) is 3.89. The zero-order valence-corrected chi connectivity index (χ0v) is 13.7. The van der Waals surface area contributed by atoms with E-state index in [9.17, 15) is 4.79 Å². The highest BCUT2D eigenvalue weighted by atomic mass is 32.1. The lowest BCUT2D eigenvalue weighted by Crippen LogP contribution is -2.42. The van der Waals surface area contributed by atoms with Crippen molar-refractivity contribution < 1.29 is 4.79 Å². The van der Waals surface area contributed by atoms with Crippen molar-refractivity contribution in [3.63, 3.8) is 0 Å². The summed E-state index contributed by atoms with van der Waals surface area (Å²) in [5, 5.41) is 8.23. The first-order valence-corrected chi connectivity index (χ1v) is 8.07. The number of rotatable bonds is 2. The largest absolute Gasteiger partial charge is 0.357 e. The van der Waals surface area contributed by atoms with Crippen LogP contribution in [-0.2, 0) is 10.2 Å². The molecule has 2 aromatic rings. The molecule has 1 N–H and O–H groups in total. The molecule has 0 aliphatic carbocycles. The number of amides is 1. The van der Waals surface area contributed by atoms with Crippen molar-refractivity contribution in [1.29, 1.82) is 0 Å². The number of nitrogens with zero attached hydrogens (tertiary/aromatic N) is 4. The Bertz CT molecular complexity index is 637. The minimum atomic E-state index is -0.104. The van der Waals surface area contributed by atoms with Gasteiger partial charge in [0.25, 0.3) is 0 Å². The number of hydrogen-bond acceptors (Lipinski definition) is 5. The number of hydrogen-bond donors (Lipinski definition) is 1. The summed E-state index contributed by atoms with van der Waals surface area (Å²) in [6.45, 7) is 7.30. The summed E-state index contributed by atoms with van der Waals surface area (Å²) in [5.41, 5.74) is 1.06. The predicted octanol–water partition coefficient (Wildman–Crippen LogP) is 1.80. The molecule has 3 heterocycles. The highest BCUT2D eigenvalue weighted by molar-refractivity contribution is 7.20. The van der Waals surface area contributed by atoms with E-state index in [1.54, 1.807) is 18.4 Å². The zero-order chi connectivity index (χ0) is 15.2. The van der Waals surface area contributed by atoms with Crippen LogP contribution in [0.4, 0.5) is 5.13 Å². The first kappa shape index (κ1) is 14.3. The standard InChI is InChI=1S/C14H21N5OS/c1-14(2,3)10-8-19-12(16-10)21-13(17-19)18-7-5-6-9(18)11(20)15-4/h8-9H,5-7H2,1-4H3,(H,15,20)/t9-/m0/s1. The van der Waals surface area contributed by atoms with Crippen molar-refractivity contribution in [3.05, 3.63) is 11.9 Å². The van der Waals surface area contributed by atoms with E-state index in [-0.39, 0.29) is 17.4 Å². The second-order valence-corrected chi connectivity index (χ2v) is 7.39. The van der Waals surface area contributed by atoms with E-state index in [0.29, 0.717) is 0 Å². The SMILES string of the molecule is CNC(=O)[C@@H]1CCCN1c1nn2cc(C(C)(C)C)nc2s1. The van der Waals surface area contributed by atoms with Crippen LogP contribution in [0.3, 0.4) is 0 Å². The number of imidazole rings is 1. The van der Waals surface area contributed by atoms with Gasteiger partial charge < -0.3 is 10.2 Å². The molecule has 0 spiro atoms. The first-order chi connectivity index (χ1) is 9.90. The number of likely N-dealkylation sites (N-methyl/N-ethyl adjacent to an activating group) is 1. The maximum Gasteiger partial charge on any atom is 0.242 e. The molecule has 0 aromatic carbocycles. The van der Waals surface area contributed by atoms with Gasteiger partial charge in [0.2, 0.25) is 16.0 Å². The summed E-state index contributed by atoms with van der Waals surface area (Å²) in [5.74, 6) is 0.0655. The molecule has 0 bridgehead atoms. The van der Waals surface area contributed by atoms with Gasteiger partial charge in [-0.25, -0.2) is 9.50 Å². The van der Waals surface area contributed by atoms with Gasteiger partial charge in [0, 0.05) is 19.0 Å². The summed E-state index contributed by atoms with van der Waals surface area (Å²) >= 11 is 1.55. The van der Waals surface area contributed by atoms with Crippen molar-refractivity contribution in [2.75, 3.05) is 18.5 Å². The van der Waals surface area contributed by atoms with Crippen LogP contribution in [0.25, 0.3) is 4.96 Å². The Balaban J connectivity index is 1.91. The van der Waals surface area contributed by atoms with Gasteiger partial charge in [0.05, 0.1) is 11.9 Å². The number of nitrogens with one attached hydrogen (secondary N) is 1. The Labute approximate surface area is 128 Å². The van der Waals surface area contributed by atoms with E-state index in [0.717, 1.165) is 35.2 Å². The second kappa shape index (κ2) is 4.98. The summed E-state index contributed by atoms with van der Waals surface area (Å²) in [7, 11) is 1.68. The molecule has 1 aliphatic rings. The molecule has 1 fully saturated rings. The van der Waals surface area contributed by atoms with Crippen molar-refractivity contribution in [3.8, 4) is 0 Å². The molecule has 3 rings (SSSR count). The smallest absolute Gasteiger partial charge is 0.242 e. The fraction of sp³-hybridized carbons (Fsp3) is 0.643. The van der Waals surface area contributed by atoms with Gasteiger partial charge in [-0.1, -0.05) is 32.1 Å². The van der Waals surface area contributed by atoms with Crippen LogP contribution in [0.2, 0.25) is 0 Å². The van der Waals surface area contributed by atoms with Crippen molar-refractivity contribution in [1.82, 2.24) is 19.9 Å². The molecular weight excluding hydrogens is 286 g/mol. The number of carbonyl (C=O) groups is 1. The Kier molecular flexibility index (Phi) is 3.39. The van der Waals surface area contributed by atoms with Gasteiger partial charge in [0.15, 0.2) is 0 Å². The highest BCUT2D eigenvalue weighted by Crippen LogP contribution is 2.31. The van der Waals surface area contributed by atoms with Gasteiger partial charge in [-0.15, -0.1) is 5.10 Å². The molecule has 1 saturated heterocycles. The number of fused-ring (bicyclic) bond motifs is 1. The predicted molar refractivity (Wildman–Crippen MR) is 84.0 cm³/mol. The number of anilines is 1. The van der Waals surface area contributed by atoms with Gasteiger partial charge >= 0.3 is 0 Å². The van der Waals surface area contributed by atoms with E-state index in [1.165, 1.54) is 0 Å². The summed E-state index contributed by atoms with van der Waals surface area (Å²) < 4.78 is 1.83. The first-order valence-electron chi connectivity index (χ1n) is 7.25. The molecule has 2 aromatic heterocycles. The molecule has 1 amide bonds. The maximum atomic E-state index is 11.9. The minimum Gasteiger partial charge on any atom is -0.357 e. The zero-order valence-electron chi connectivity index (χ0n) is 12.9. The Morgan fingerprint density at radius 1 is 1.48 bits per heavy atom. The molecule has 1 aliphatic heterocycles. The molecule has 1 atom stereocenters. The number of aromatic nitrogens is 3. The van der Waals surface area contributed by atoms with E-state index in [1.807, 2.05) is 10.7 Å². The highest BCUT2D eigenvalue weighted by Gasteiger charge is 2.32. The molecule has 114 valence electrons. The Hall–Kier alpha value is -1.63. The lowest BCUT2D eigenvalue weighted by molar-refractivity contribution is -0.121. The third-order valence-electron chi connectivity index (χ3n) is 3.85. The maximum absolute atomic E-state index is 11.9. The Morgan fingerprint density at radius 2 is 2.24 bits per heavy atom. The van der Waals surface area contributed by atoms with Gasteiger partial charge in [-0.3, -0.25) is 4.79 Å². The van der Waals surface area contributed by atoms with Crippen LogP contribution < -0.4 is 10.2 Å². The lowest BCUT2D eigenvalue weighted by Gasteiger charge is -2.21. The normalized spacial score (nSPS) is 19.4. The monoisotopic (exact) mass is 307 g/mol. The van der Waals surface area contributed by atoms with Crippen LogP contribution in [-0.4, -0.2) is 40.1 Å². The molecule has 21 heavy (non-hydrogen) atoms. The van der Waals surface area contributed by atoms with Crippen LogP contribution in [0.15, 0.2) is 6.20 Å². The summed E-state index contributed by atoms with van der Waals surface area (Å²) in [6, 6.07) is -0.104. The fourth-order valence-electron chi connectivity index (χ4n) is 2.60. The van der Waals surface area contributed by atoms with Gasteiger partial charge in [-0.2, -0.15) is 0 Å². The molecule has 7 heteroatoms. The van der Waals surface area contributed by atoms with Crippen LogP contribution in [0, 0.1) is 0 Å². The number of carbonyl (C=O) groups excluding carboxylic acids is 1. The van der Waals surface area contributed by atoms with Crippen LogP contribution in [0.1, 0.15) is 39.3 Å². The van der Waals surface area contributed by atoms with E-state index >= 15 is 0 Å². The third-order valence-corrected chi connectivity index (χ3v) is 4.81. The fourth-order valence-corrected chi connectivity index (χ4v) is 3.56. The molecule has 0 unspecified atom stereocenters. The third kappa shape index (κ3) is 2.50. The van der Waals surface area contributed by atoms with Crippen LogP contribution in [0.5, 0.6) is 0 Å². The molecule has 0 saturated carbocycles. The van der Waals surface area contributed by atoms with Crippen molar-refractivity contribution >= 4 is 27.3 Å². The second-order valence-electron chi connectivity index (χ2n) is 6.45.